The summed E-state index contributed by atoms with van der Waals surface area (Å²) in [5.74, 6) is -2.03. The number of thiophene rings is 1. The molecule has 1 heterocycles. The highest BCUT2D eigenvalue weighted by Gasteiger charge is 2.30. The predicted molar refractivity (Wildman–Crippen MR) is 95.2 cm³/mol. The van der Waals surface area contributed by atoms with E-state index in [1.54, 1.807) is 25.2 Å². The molecule has 0 saturated carbocycles. The number of hydrogen-bond donors (Lipinski definition) is 0. The zero-order valence-corrected chi connectivity index (χ0v) is 15.2. The topological polar surface area (TPSA) is 52.6 Å². The number of ether oxygens (including phenoxy) is 2. The lowest BCUT2D eigenvalue weighted by molar-refractivity contribution is -0.161. The third kappa shape index (κ3) is 4.82. The summed E-state index contributed by atoms with van der Waals surface area (Å²) in [7, 11) is 0. The second kappa shape index (κ2) is 8.85. The van der Waals surface area contributed by atoms with E-state index in [0.717, 1.165) is 16.0 Å². The van der Waals surface area contributed by atoms with Gasteiger partial charge in [-0.3, -0.25) is 9.59 Å². The molecule has 0 saturated heterocycles. The van der Waals surface area contributed by atoms with Gasteiger partial charge in [-0.25, -0.2) is 0 Å². The lowest BCUT2D eigenvalue weighted by atomic mass is 10.0. The molecule has 2 rings (SSSR count). The molecule has 4 nitrogen and oxygen atoms in total. The molecule has 0 radical (unpaired) electrons. The van der Waals surface area contributed by atoms with Crippen molar-refractivity contribution >= 4 is 34.9 Å². The normalized spacial score (nSPS) is 10.7. The largest absolute Gasteiger partial charge is 0.465 e. The average molecular weight is 367 g/mol. The van der Waals surface area contributed by atoms with Crippen molar-refractivity contribution in [1.82, 2.24) is 0 Å². The van der Waals surface area contributed by atoms with Gasteiger partial charge in [0.05, 0.1) is 13.2 Å². The SMILES string of the molecule is CCOC(=O)C(Cc1csc(-c2ccc(Cl)cc2)c1)C(=O)OCC. The molecule has 128 valence electrons. The zero-order chi connectivity index (χ0) is 17.5. The summed E-state index contributed by atoms with van der Waals surface area (Å²) in [4.78, 5) is 25.1. The fourth-order valence-electron chi connectivity index (χ4n) is 2.23. The van der Waals surface area contributed by atoms with E-state index < -0.39 is 17.9 Å². The van der Waals surface area contributed by atoms with Crippen molar-refractivity contribution in [3.8, 4) is 10.4 Å². The molecular weight excluding hydrogens is 348 g/mol. The highest BCUT2D eigenvalue weighted by molar-refractivity contribution is 7.13. The fourth-order valence-corrected chi connectivity index (χ4v) is 3.29. The molecule has 0 aliphatic carbocycles. The second-order valence-corrected chi connectivity index (χ2v) is 6.43. The Kier molecular flexibility index (Phi) is 6.82. The molecule has 0 unspecified atom stereocenters. The molecule has 24 heavy (non-hydrogen) atoms. The van der Waals surface area contributed by atoms with Crippen LogP contribution in [0.5, 0.6) is 0 Å². The average Bonchev–Trinajstić information content (AvgIpc) is 3.02. The van der Waals surface area contributed by atoms with Crippen LogP contribution in [0.4, 0.5) is 0 Å². The molecule has 0 N–H and O–H groups in total. The minimum Gasteiger partial charge on any atom is -0.465 e. The smallest absolute Gasteiger partial charge is 0.320 e. The lowest BCUT2D eigenvalue weighted by Crippen LogP contribution is -2.29. The number of benzene rings is 1. The molecule has 1 aromatic heterocycles. The summed E-state index contributed by atoms with van der Waals surface area (Å²) in [5, 5.41) is 2.62. The number of carbonyl (C=O) groups is 2. The number of hydrogen-bond acceptors (Lipinski definition) is 5. The Morgan fingerprint density at radius 1 is 1.08 bits per heavy atom. The molecule has 0 aliphatic rings. The first-order chi connectivity index (χ1) is 11.5. The first-order valence-corrected chi connectivity index (χ1v) is 8.97. The fraction of sp³-hybridized carbons (Fsp3) is 0.333. The Balaban J connectivity index is 2.16. The van der Waals surface area contributed by atoms with Crippen LogP contribution >= 0.6 is 22.9 Å². The van der Waals surface area contributed by atoms with E-state index >= 15 is 0 Å². The van der Waals surface area contributed by atoms with Crippen molar-refractivity contribution in [2.75, 3.05) is 13.2 Å². The number of carbonyl (C=O) groups excluding carboxylic acids is 2. The van der Waals surface area contributed by atoms with Gasteiger partial charge < -0.3 is 9.47 Å². The zero-order valence-electron chi connectivity index (χ0n) is 13.6. The van der Waals surface area contributed by atoms with E-state index in [9.17, 15) is 9.59 Å². The molecule has 0 aliphatic heterocycles. The van der Waals surface area contributed by atoms with Gasteiger partial charge in [-0.15, -0.1) is 11.3 Å². The van der Waals surface area contributed by atoms with Crippen LogP contribution in [-0.4, -0.2) is 25.2 Å². The Hall–Kier alpha value is -1.85. The summed E-state index contributed by atoms with van der Waals surface area (Å²) in [6, 6.07) is 9.50. The lowest BCUT2D eigenvalue weighted by Gasteiger charge is -2.13. The van der Waals surface area contributed by atoms with Gasteiger partial charge in [0.15, 0.2) is 5.92 Å². The van der Waals surface area contributed by atoms with Crippen LogP contribution in [0.3, 0.4) is 0 Å². The van der Waals surface area contributed by atoms with E-state index in [4.69, 9.17) is 21.1 Å². The Morgan fingerprint density at radius 3 is 2.21 bits per heavy atom. The van der Waals surface area contributed by atoms with Gasteiger partial charge in [-0.05, 0) is 55.0 Å². The van der Waals surface area contributed by atoms with Crippen LogP contribution in [-0.2, 0) is 25.5 Å². The predicted octanol–water partition coefficient (Wildman–Crippen LogP) is 4.35. The van der Waals surface area contributed by atoms with Crippen LogP contribution < -0.4 is 0 Å². The van der Waals surface area contributed by atoms with E-state index in [1.165, 1.54) is 0 Å². The maximum atomic E-state index is 12.0. The summed E-state index contributed by atoms with van der Waals surface area (Å²) in [5.41, 5.74) is 1.94. The molecule has 6 heteroatoms. The van der Waals surface area contributed by atoms with Crippen LogP contribution in [0.1, 0.15) is 19.4 Å². The maximum absolute atomic E-state index is 12.0. The van der Waals surface area contributed by atoms with Crippen LogP contribution in [0.25, 0.3) is 10.4 Å². The van der Waals surface area contributed by atoms with Gasteiger partial charge in [-0.1, -0.05) is 23.7 Å². The molecule has 0 amide bonds. The number of esters is 2. The summed E-state index contributed by atoms with van der Waals surface area (Å²) >= 11 is 7.46. The Labute approximate surface area is 150 Å². The second-order valence-electron chi connectivity index (χ2n) is 5.09. The summed E-state index contributed by atoms with van der Waals surface area (Å²) < 4.78 is 9.99. The standard InChI is InChI=1S/C18H19ClO4S/c1-3-22-17(20)15(18(21)23-4-2)9-12-10-16(24-11-12)13-5-7-14(19)8-6-13/h5-8,10-11,15H,3-4,9H2,1-2H3. The molecule has 0 fully saturated rings. The van der Waals surface area contributed by atoms with E-state index in [-0.39, 0.29) is 19.6 Å². The first-order valence-electron chi connectivity index (χ1n) is 7.71. The van der Waals surface area contributed by atoms with Gasteiger partial charge in [0, 0.05) is 9.90 Å². The molecule has 1 aromatic carbocycles. The van der Waals surface area contributed by atoms with Crippen molar-refractivity contribution in [3.63, 3.8) is 0 Å². The quantitative estimate of drug-likeness (QED) is 0.540. The minimum atomic E-state index is -0.933. The Bertz CT molecular complexity index is 675. The first kappa shape index (κ1) is 18.5. The molecular formula is C18H19ClO4S. The van der Waals surface area contributed by atoms with Crippen molar-refractivity contribution in [1.29, 1.82) is 0 Å². The third-order valence-corrected chi connectivity index (χ3v) is 4.64. The van der Waals surface area contributed by atoms with E-state index in [2.05, 4.69) is 0 Å². The summed E-state index contributed by atoms with van der Waals surface area (Å²) in [6.07, 6.45) is 0.266. The van der Waals surface area contributed by atoms with Gasteiger partial charge in [0.1, 0.15) is 0 Å². The number of halogens is 1. The third-order valence-electron chi connectivity index (χ3n) is 3.36. The van der Waals surface area contributed by atoms with Crippen molar-refractivity contribution < 1.29 is 19.1 Å². The maximum Gasteiger partial charge on any atom is 0.320 e. The summed E-state index contributed by atoms with van der Waals surface area (Å²) in [6.45, 7) is 3.88. The van der Waals surface area contributed by atoms with Crippen molar-refractivity contribution in [2.24, 2.45) is 5.92 Å². The van der Waals surface area contributed by atoms with Gasteiger partial charge >= 0.3 is 11.9 Å². The van der Waals surface area contributed by atoms with Gasteiger partial charge in [0.25, 0.3) is 0 Å². The minimum absolute atomic E-state index is 0.231. The highest BCUT2D eigenvalue weighted by atomic mass is 35.5. The van der Waals surface area contributed by atoms with E-state index in [1.807, 2.05) is 35.7 Å². The van der Waals surface area contributed by atoms with Gasteiger partial charge in [0.2, 0.25) is 0 Å². The molecule has 2 aromatic rings. The highest BCUT2D eigenvalue weighted by Crippen LogP contribution is 2.29. The van der Waals surface area contributed by atoms with Gasteiger partial charge in [-0.2, -0.15) is 0 Å². The van der Waals surface area contributed by atoms with E-state index in [0.29, 0.717) is 5.02 Å². The molecule has 0 atom stereocenters. The van der Waals surface area contributed by atoms with Crippen LogP contribution in [0, 0.1) is 5.92 Å². The molecule has 0 spiro atoms. The van der Waals surface area contributed by atoms with Crippen LogP contribution in [0.2, 0.25) is 5.02 Å². The van der Waals surface area contributed by atoms with Crippen molar-refractivity contribution in [2.45, 2.75) is 20.3 Å². The Morgan fingerprint density at radius 2 is 1.67 bits per heavy atom. The van der Waals surface area contributed by atoms with Crippen LogP contribution in [0.15, 0.2) is 35.7 Å². The monoisotopic (exact) mass is 366 g/mol. The molecule has 0 bridgehead atoms. The van der Waals surface area contributed by atoms with Crippen molar-refractivity contribution in [3.05, 3.63) is 46.3 Å². The number of rotatable bonds is 7.